The SMILES string of the molecule is CC(C(=O)N1CCC[C@@H]1C(=O)O)c1cccc(Cl)c1. The zero-order valence-corrected chi connectivity index (χ0v) is 11.4. The molecule has 1 aliphatic rings. The summed E-state index contributed by atoms with van der Waals surface area (Å²) < 4.78 is 0. The smallest absolute Gasteiger partial charge is 0.326 e. The first-order valence-electron chi connectivity index (χ1n) is 6.29. The summed E-state index contributed by atoms with van der Waals surface area (Å²) in [6, 6.07) is 6.43. The van der Waals surface area contributed by atoms with Gasteiger partial charge in [-0.05, 0) is 37.5 Å². The molecule has 2 atom stereocenters. The highest BCUT2D eigenvalue weighted by Crippen LogP contribution is 2.26. The van der Waals surface area contributed by atoms with E-state index in [1.165, 1.54) is 4.90 Å². The second-order valence-corrected chi connectivity index (χ2v) is 5.24. The molecule has 0 spiro atoms. The van der Waals surface area contributed by atoms with Crippen LogP contribution < -0.4 is 0 Å². The predicted octanol–water partition coefficient (Wildman–Crippen LogP) is 2.52. The number of likely N-dealkylation sites (tertiary alicyclic amines) is 1. The van der Waals surface area contributed by atoms with Crippen LogP contribution in [0.4, 0.5) is 0 Å². The van der Waals surface area contributed by atoms with Crippen LogP contribution in [0.1, 0.15) is 31.2 Å². The molecule has 1 saturated heterocycles. The lowest BCUT2D eigenvalue weighted by Crippen LogP contribution is -2.42. The van der Waals surface area contributed by atoms with E-state index in [9.17, 15) is 9.59 Å². The summed E-state index contributed by atoms with van der Waals surface area (Å²) in [6.45, 7) is 2.30. The molecule has 1 aromatic carbocycles. The van der Waals surface area contributed by atoms with Crippen molar-refractivity contribution in [2.24, 2.45) is 0 Å². The van der Waals surface area contributed by atoms with E-state index in [1.807, 2.05) is 6.07 Å². The number of carbonyl (C=O) groups excluding carboxylic acids is 1. The van der Waals surface area contributed by atoms with Gasteiger partial charge in [-0.15, -0.1) is 0 Å². The normalized spacial score (nSPS) is 20.3. The van der Waals surface area contributed by atoms with E-state index in [0.29, 0.717) is 18.0 Å². The van der Waals surface area contributed by atoms with Crippen LogP contribution in [0.5, 0.6) is 0 Å². The minimum atomic E-state index is -0.927. The summed E-state index contributed by atoms with van der Waals surface area (Å²) in [5.41, 5.74) is 0.813. The molecule has 1 aliphatic heterocycles. The third kappa shape index (κ3) is 2.89. The van der Waals surface area contributed by atoms with Crippen LogP contribution in [0.2, 0.25) is 5.02 Å². The molecule has 4 nitrogen and oxygen atoms in total. The summed E-state index contributed by atoms with van der Waals surface area (Å²) in [5, 5.41) is 9.69. The van der Waals surface area contributed by atoms with Gasteiger partial charge in [0, 0.05) is 11.6 Å². The fourth-order valence-corrected chi connectivity index (χ4v) is 2.65. The van der Waals surface area contributed by atoms with Crippen LogP contribution in [0.3, 0.4) is 0 Å². The molecule has 19 heavy (non-hydrogen) atoms. The average molecular weight is 282 g/mol. The largest absolute Gasteiger partial charge is 0.480 e. The summed E-state index contributed by atoms with van der Waals surface area (Å²) >= 11 is 5.91. The Bertz CT molecular complexity index is 503. The van der Waals surface area contributed by atoms with E-state index in [-0.39, 0.29) is 11.8 Å². The second kappa shape index (κ2) is 5.61. The maximum Gasteiger partial charge on any atom is 0.326 e. The van der Waals surface area contributed by atoms with Crippen LogP contribution >= 0.6 is 11.6 Å². The van der Waals surface area contributed by atoms with E-state index in [2.05, 4.69) is 0 Å². The molecule has 0 aromatic heterocycles. The number of halogens is 1. The Morgan fingerprint density at radius 1 is 1.47 bits per heavy atom. The number of carbonyl (C=O) groups is 2. The van der Waals surface area contributed by atoms with Gasteiger partial charge in [-0.2, -0.15) is 0 Å². The number of hydrogen-bond acceptors (Lipinski definition) is 2. The number of benzene rings is 1. The van der Waals surface area contributed by atoms with Crippen molar-refractivity contribution >= 4 is 23.5 Å². The maximum atomic E-state index is 12.4. The van der Waals surface area contributed by atoms with Crippen molar-refractivity contribution in [2.45, 2.75) is 31.7 Å². The molecule has 1 amide bonds. The molecule has 0 aliphatic carbocycles. The Morgan fingerprint density at radius 3 is 2.84 bits per heavy atom. The first-order valence-corrected chi connectivity index (χ1v) is 6.67. The molecule has 1 heterocycles. The third-order valence-corrected chi connectivity index (χ3v) is 3.78. The molecule has 1 aromatic rings. The van der Waals surface area contributed by atoms with E-state index >= 15 is 0 Å². The highest BCUT2D eigenvalue weighted by Gasteiger charge is 2.36. The zero-order valence-electron chi connectivity index (χ0n) is 10.7. The van der Waals surface area contributed by atoms with Gasteiger partial charge in [-0.3, -0.25) is 4.79 Å². The number of hydrogen-bond donors (Lipinski definition) is 1. The van der Waals surface area contributed by atoms with Gasteiger partial charge in [0.15, 0.2) is 0 Å². The molecule has 1 N–H and O–H groups in total. The standard InChI is InChI=1S/C14H16ClNO3/c1-9(10-4-2-5-11(15)8-10)13(17)16-7-3-6-12(16)14(18)19/h2,4-5,8-9,12H,3,6-7H2,1H3,(H,18,19)/t9?,12-/m1/s1. The number of amides is 1. The topological polar surface area (TPSA) is 57.6 Å². The fourth-order valence-electron chi connectivity index (χ4n) is 2.45. The molecule has 1 fully saturated rings. The van der Waals surface area contributed by atoms with Crippen molar-refractivity contribution in [3.05, 3.63) is 34.9 Å². The molecule has 0 radical (unpaired) electrons. The fraction of sp³-hybridized carbons (Fsp3) is 0.429. The lowest BCUT2D eigenvalue weighted by atomic mass is 9.99. The quantitative estimate of drug-likeness (QED) is 0.926. The minimum absolute atomic E-state index is 0.146. The molecule has 0 saturated carbocycles. The van der Waals surface area contributed by atoms with Crippen molar-refractivity contribution < 1.29 is 14.7 Å². The van der Waals surface area contributed by atoms with Gasteiger partial charge in [-0.25, -0.2) is 4.79 Å². The predicted molar refractivity (Wildman–Crippen MR) is 72.2 cm³/mol. The van der Waals surface area contributed by atoms with Crippen molar-refractivity contribution in [2.75, 3.05) is 6.54 Å². The number of aliphatic carboxylic acids is 1. The van der Waals surface area contributed by atoms with Gasteiger partial charge in [-0.1, -0.05) is 23.7 Å². The lowest BCUT2D eigenvalue weighted by molar-refractivity contribution is -0.148. The highest BCUT2D eigenvalue weighted by molar-refractivity contribution is 6.30. The van der Waals surface area contributed by atoms with Gasteiger partial charge in [0.2, 0.25) is 5.91 Å². The van der Waals surface area contributed by atoms with Crippen molar-refractivity contribution in [3.8, 4) is 0 Å². The summed E-state index contributed by atoms with van der Waals surface area (Å²) in [4.78, 5) is 25.0. The Morgan fingerprint density at radius 2 is 2.21 bits per heavy atom. The van der Waals surface area contributed by atoms with Crippen molar-refractivity contribution in [1.82, 2.24) is 4.90 Å². The van der Waals surface area contributed by atoms with Crippen LogP contribution in [0.15, 0.2) is 24.3 Å². The Balaban J connectivity index is 2.17. The first kappa shape index (κ1) is 13.9. The Kier molecular flexibility index (Phi) is 4.10. The number of carboxylic acid groups (broad SMARTS) is 1. The number of rotatable bonds is 3. The van der Waals surface area contributed by atoms with E-state index < -0.39 is 12.0 Å². The van der Waals surface area contributed by atoms with Crippen molar-refractivity contribution in [1.29, 1.82) is 0 Å². The monoisotopic (exact) mass is 281 g/mol. The van der Waals surface area contributed by atoms with E-state index in [0.717, 1.165) is 12.0 Å². The summed E-state index contributed by atoms with van der Waals surface area (Å²) in [5.74, 6) is -1.45. The van der Waals surface area contributed by atoms with Gasteiger partial charge in [0.05, 0.1) is 5.92 Å². The molecule has 2 rings (SSSR count). The third-order valence-electron chi connectivity index (χ3n) is 3.54. The summed E-state index contributed by atoms with van der Waals surface area (Å²) in [6.07, 6.45) is 1.27. The molecule has 102 valence electrons. The van der Waals surface area contributed by atoms with Crippen LogP contribution in [-0.2, 0) is 9.59 Å². The highest BCUT2D eigenvalue weighted by atomic mass is 35.5. The molecular formula is C14H16ClNO3. The van der Waals surface area contributed by atoms with Gasteiger partial charge < -0.3 is 10.0 Å². The summed E-state index contributed by atoms with van der Waals surface area (Å²) in [7, 11) is 0. The van der Waals surface area contributed by atoms with E-state index in [4.69, 9.17) is 16.7 Å². The van der Waals surface area contributed by atoms with Gasteiger partial charge >= 0.3 is 5.97 Å². The van der Waals surface area contributed by atoms with Gasteiger partial charge in [0.1, 0.15) is 6.04 Å². The van der Waals surface area contributed by atoms with Crippen molar-refractivity contribution in [3.63, 3.8) is 0 Å². The first-order chi connectivity index (χ1) is 9.00. The molecule has 1 unspecified atom stereocenters. The van der Waals surface area contributed by atoms with Crippen LogP contribution in [0.25, 0.3) is 0 Å². The van der Waals surface area contributed by atoms with E-state index in [1.54, 1.807) is 25.1 Å². The minimum Gasteiger partial charge on any atom is -0.480 e. The molecule has 0 bridgehead atoms. The number of carboxylic acids is 1. The second-order valence-electron chi connectivity index (χ2n) is 4.80. The Labute approximate surface area is 117 Å². The number of nitrogens with zero attached hydrogens (tertiary/aromatic N) is 1. The maximum absolute atomic E-state index is 12.4. The zero-order chi connectivity index (χ0) is 14.0. The lowest BCUT2D eigenvalue weighted by Gasteiger charge is -2.25. The molecular weight excluding hydrogens is 266 g/mol. The van der Waals surface area contributed by atoms with Crippen LogP contribution in [-0.4, -0.2) is 34.5 Å². The Hall–Kier alpha value is -1.55. The average Bonchev–Trinajstić information content (AvgIpc) is 2.86. The molecule has 5 heteroatoms. The van der Waals surface area contributed by atoms with Gasteiger partial charge in [0.25, 0.3) is 0 Å². The van der Waals surface area contributed by atoms with Crippen LogP contribution in [0, 0.1) is 0 Å².